The van der Waals surface area contributed by atoms with E-state index in [0.717, 1.165) is 77.0 Å². The number of hydrogen-bond donors (Lipinski definition) is 1. The summed E-state index contributed by atoms with van der Waals surface area (Å²) in [5.74, 6) is -0.653. The van der Waals surface area contributed by atoms with E-state index in [1.807, 2.05) is 0 Å². The van der Waals surface area contributed by atoms with Crippen LogP contribution in [0.3, 0.4) is 0 Å². The number of carbonyl (C=O) groups excluding carboxylic acids is 1. The van der Waals surface area contributed by atoms with Crippen LogP contribution in [-0.2, 0) is 14.3 Å². The highest BCUT2D eigenvalue weighted by Crippen LogP contribution is 2.19. The number of unbranched alkanes of at least 4 members (excludes halogenated alkanes) is 21. The Morgan fingerprint density at radius 2 is 0.913 bits per heavy atom. The number of hydrogen-bond acceptors (Lipinski definition) is 3. The number of allylic oxidation sites excluding steroid dienone is 6. The molecule has 0 aliphatic carbocycles. The molecule has 0 aliphatic heterocycles. The Morgan fingerprint density at radius 3 is 1.41 bits per heavy atom. The van der Waals surface area contributed by atoms with Crippen molar-refractivity contribution in [3.8, 4) is 0 Å². The average Bonchev–Trinajstić information content (AvgIpc) is 3.04. The standard InChI is InChI=1S/C42H76O4/c1-3-5-7-9-11-13-14-15-16-17-18-23-27-31-35-39-42(45)46-40(36-32-28-24-12-10-8-6-4-2)37-33-29-25-21-19-20-22-26-30-34-38-41(43)44/h5,7,11,13,15-16,40H,3-4,6,8-10,12,14,17-39H2,1-2H3,(H,43,44)/b7-5-,13-11-,16-15-. The van der Waals surface area contributed by atoms with Gasteiger partial charge < -0.3 is 9.84 Å². The van der Waals surface area contributed by atoms with Crippen molar-refractivity contribution in [3.63, 3.8) is 0 Å². The van der Waals surface area contributed by atoms with Crippen molar-refractivity contribution in [1.29, 1.82) is 0 Å². The molecule has 0 fully saturated rings. The molecule has 0 saturated heterocycles. The van der Waals surface area contributed by atoms with E-state index in [0.29, 0.717) is 12.8 Å². The van der Waals surface area contributed by atoms with Crippen LogP contribution in [-0.4, -0.2) is 23.1 Å². The number of esters is 1. The second-order valence-corrected chi connectivity index (χ2v) is 13.4. The van der Waals surface area contributed by atoms with Gasteiger partial charge in [0.15, 0.2) is 0 Å². The van der Waals surface area contributed by atoms with Crippen molar-refractivity contribution in [3.05, 3.63) is 36.5 Å². The second kappa shape index (κ2) is 37.6. The van der Waals surface area contributed by atoms with Crippen LogP contribution in [0.5, 0.6) is 0 Å². The van der Waals surface area contributed by atoms with E-state index >= 15 is 0 Å². The molecule has 4 heteroatoms. The fourth-order valence-electron chi connectivity index (χ4n) is 5.96. The Labute approximate surface area is 286 Å². The topological polar surface area (TPSA) is 63.6 Å². The predicted molar refractivity (Wildman–Crippen MR) is 199 cm³/mol. The van der Waals surface area contributed by atoms with Crippen LogP contribution in [0, 0.1) is 0 Å². The van der Waals surface area contributed by atoms with Crippen LogP contribution in [0.25, 0.3) is 0 Å². The lowest BCUT2D eigenvalue weighted by atomic mass is 10.0. The van der Waals surface area contributed by atoms with Crippen LogP contribution < -0.4 is 0 Å². The Bertz CT molecular complexity index is 738. The van der Waals surface area contributed by atoms with Crippen LogP contribution in [0.1, 0.15) is 213 Å². The lowest BCUT2D eigenvalue weighted by Crippen LogP contribution is -2.18. The fourth-order valence-corrected chi connectivity index (χ4v) is 5.96. The molecule has 0 heterocycles. The van der Waals surface area contributed by atoms with E-state index in [1.165, 1.54) is 109 Å². The van der Waals surface area contributed by atoms with Gasteiger partial charge in [-0.05, 0) is 70.6 Å². The minimum absolute atomic E-state index is 0.0223. The van der Waals surface area contributed by atoms with E-state index in [4.69, 9.17) is 9.84 Å². The van der Waals surface area contributed by atoms with Crippen LogP contribution in [0.2, 0.25) is 0 Å². The first-order valence-electron chi connectivity index (χ1n) is 20.0. The van der Waals surface area contributed by atoms with Crippen LogP contribution >= 0.6 is 0 Å². The largest absolute Gasteiger partial charge is 0.481 e. The van der Waals surface area contributed by atoms with Gasteiger partial charge in [0.05, 0.1) is 0 Å². The van der Waals surface area contributed by atoms with Crippen LogP contribution in [0.15, 0.2) is 36.5 Å². The van der Waals surface area contributed by atoms with E-state index in [9.17, 15) is 9.59 Å². The third-order valence-electron chi connectivity index (χ3n) is 8.88. The fraction of sp³-hybridized carbons (Fsp3) is 0.810. The first-order chi connectivity index (χ1) is 22.6. The quantitative estimate of drug-likeness (QED) is 0.0419. The molecule has 0 amide bonds. The van der Waals surface area contributed by atoms with Gasteiger partial charge in [0.2, 0.25) is 0 Å². The molecule has 1 atom stereocenters. The zero-order chi connectivity index (χ0) is 33.6. The maximum atomic E-state index is 12.7. The van der Waals surface area contributed by atoms with Gasteiger partial charge in [-0.15, -0.1) is 0 Å². The number of carboxylic acids is 1. The maximum absolute atomic E-state index is 12.7. The summed E-state index contributed by atoms with van der Waals surface area (Å²) in [5.41, 5.74) is 0. The van der Waals surface area contributed by atoms with Crippen molar-refractivity contribution in [2.75, 3.05) is 0 Å². The van der Waals surface area contributed by atoms with Crippen LogP contribution in [0.4, 0.5) is 0 Å². The Kier molecular flexibility index (Phi) is 36.1. The normalized spacial score (nSPS) is 12.6. The summed E-state index contributed by atoms with van der Waals surface area (Å²) in [6, 6.07) is 0. The molecule has 0 aliphatic rings. The first-order valence-corrected chi connectivity index (χ1v) is 20.0. The van der Waals surface area contributed by atoms with E-state index in [1.54, 1.807) is 0 Å². The molecule has 1 N–H and O–H groups in total. The van der Waals surface area contributed by atoms with Crippen molar-refractivity contribution < 1.29 is 19.4 Å². The van der Waals surface area contributed by atoms with Crippen molar-refractivity contribution in [2.24, 2.45) is 0 Å². The lowest BCUT2D eigenvalue weighted by Gasteiger charge is -2.18. The molecule has 0 rings (SSSR count). The van der Waals surface area contributed by atoms with E-state index in [2.05, 4.69) is 50.3 Å². The molecule has 0 bridgehead atoms. The number of rotatable bonds is 36. The van der Waals surface area contributed by atoms with E-state index in [-0.39, 0.29) is 12.1 Å². The number of carbonyl (C=O) groups is 2. The van der Waals surface area contributed by atoms with Crippen molar-refractivity contribution in [1.82, 2.24) is 0 Å². The summed E-state index contributed by atoms with van der Waals surface area (Å²) in [6.45, 7) is 4.44. The average molecular weight is 645 g/mol. The Balaban J connectivity index is 4.06. The summed E-state index contributed by atoms with van der Waals surface area (Å²) in [5, 5.41) is 8.72. The summed E-state index contributed by atoms with van der Waals surface area (Å²) in [6.07, 6.45) is 48.9. The number of aliphatic carboxylic acids is 1. The molecular formula is C42H76O4. The minimum Gasteiger partial charge on any atom is -0.481 e. The van der Waals surface area contributed by atoms with Gasteiger partial charge in [-0.2, -0.15) is 0 Å². The predicted octanol–water partition coefficient (Wildman–Crippen LogP) is 13.8. The zero-order valence-corrected chi connectivity index (χ0v) is 30.6. The third-order valence-corrected chi connectivity index (χ3v) is 8.88. The molecule has 1 unspecified atom stereocenters. The Morgan fingerprint density at radius 1 is 0.500 bits per heavy atom. The molecular weight excluding hydrogens is 568 g/mol. The molecule has 0 saturated carbocycles. The highest BCUT2D eigenvalue weighted by Gasteiger charge is 2.14. The van der Waals surface area contributed by atoms with Crippen molar-refractivity contribution in [2.45, 2.75) is 219 Å². The molecule has 0 aromatic heterocycles. The Hall–Kier alpha value is -1.84. The summed E-state index contributed by atoms with van der Waals surface area (Å²) in [7, 11) is 0. The number of ether oxygens (including phenoxy) is 1. The van der Waals surface area contributed by atoms with Gasteiger partial charge in [-0.25, -0.2) is 0 Å². The lowest BCUT2D eigenvalue weighted by molar-refractivity contribution is -0.150. The molecule has 46 heavy (non-hydrogen) atoms. The monoisotopic (exact) mass is 645 g/mol. The van der Waals surface area contributed by atoms with Gasteiger partial charge >= 0.3 is 11.9 Å². The summed E-state index contributed by atoms with van der Waals surface area (Å²) < 4.78 is 6.04. The molecule has 0 aromatic carbocycles. The smallest absolute Gasteiger partial charge is 0.306 e. The highest BCUT2D eigenvalue weighted by atomic mass is 16.5. The zero-order valence-electron chi connectivity index (χ0n) is 30.6. The van der Waals surface area contributed by atoms with Crippen molar-refractivity contribution >= 4 is 11.9 Å². The van der Waals surface area contributed by atoms with Gasteiger partial charge in [0, 0.05) is 12.8 Å². The number of carboxylic acid groups (broad SMARTS) is 1. The molecule has 268 valence electrons. The third kappa shape index (κ3) is 36.6. The molecule has 4 nitrogen and oxygen atoms in total. The first kappa shape index (κ1) is 44.2. The van der Waals surface area contributed by atoms with Gasteiger partial charge in [-0.3, -0.25) is 9.59 Å². The molecule has 0 radical (unpaired) electrons. The summed E-state index contributed by atoms with van der Waals surface area (Å²) in [4.78, 5) is 23.3. The summed E-state index contributed by atoms with van der Waals surface area (Å²) >= 11 is 0. The molecule has 0 aromatic rings. The van der Waals surface area contributed by atoms with Gasteiger partial charge in [0.25, 0.3) is 0 Å². The van der Waals surface area contributed by atoms with E-state index < -0.39 is 5.97 Å². The maximum Gasteiger partial charge on any atom is 0.306 e. The minimum atomic E-state index is -0.675. The van der Waals surface area contributed by atoms with Gasteiger partial charge in [-0.1, -0.05) is 166 Å². The molecule has 0 spiro atoms. The second-order valence-electron chi connectivity index (χ2n) is 13.4. The van der Waals surface area contributed by atoms with Gasteiger partial charge in [0.1, 0.15) is 6.10 Å². The highest BCUT2D eigenvalue weighted by molar-refractivity contribution is 5.69. The SMILES string of the molecule is CC/C=C\C/C=C\C/C=C\CCCCCCCC(=O)OC(CCCCCCCCCC)CCCCCCCCCCCCC(=O)O.